The van der Waals surface area contributed by atoms with E-state index >= 15 is 0 Å². The second-order valence-electron chi connectivity index (χ2n) is 5.76. The summed E-state index contributed by atoms with van der Waals surface area (Å²) in [6, 6.07) is 8.59. The van der Waals surface area contributed by atoms with Crippen molar-refractivity contribution < 1.29 is 0 Å². The Morgan fingerprint density at radius 1 is 1.08 bits per heavy atom. The Kier molecular flexibility index (Phi) is 7.15. The first-order valence-corrected chi connectivity index (χ1v) is 8.85. The van der Waals surface area contributed by atoms with Gasteiger partial charge in [0.15, 0.2) is 0 Å². The van der Waals surface area contributed by atoms with Crippen LogP contribution in [-0.2, 0) is 6.54 Å². The predicted octanol–water partition coefficient (Wildman–Crippen LogP) is 3.52. The molecule has 0 saturated heterocycles. The molecule has 1 aliphatic rings. The molecule has 0 spiro atoms. The molecule has 0 bridgehead atoms. The number of fused-ring (bicyclic) bond motifs is 1. The predicted molar refractivity (Wildman–Crippen MR) is 108 cm³/mol. The van der Waals surface area contributed by atoms with Crippen molar-refractivity contribution in [1.29, 1.82) is 0 Å². The molecule has 3 rings (SSSR count). The van der Waals surface area contributed by atoms with Gasteiger partial charge >= 0.3 is 0 Å². The summed E-state index contributed by atoms with van der Waals surface area (Å²) in [5.74, 6) is 0.969. The Hall–Kier alpha value is -2.68. The Morgan fingerprint density at radius 3 is 2.72 bits per heavy atom. The van der Waals surface area contributed by atoms with Gasteiger partial charge in [-0.05, 0) is 25.0 Å². The fourth-order valence-corrected chi connectivity index (χ4v) is 2.75. The molecule has 25 heavy (non-hydrogen) atoms. The topological polar surface area (TPSA) is 29.0 Å². The van der Waals surface area contributed by atoms with E-state index in [0.29, 0.717) is 0 Å². The highest BCUT2D eigenvalue weighted by Crippen LogP contribution is 2.09. The van der Waals surface area contributed by atoms with Gasteiger partial charge in [-0.3, -0.25) is 0 Å². The number of hydrogen-bond donors (Lipinski definition) is 0. The molecule has 3 nitrogen and oxygen atoms in total. The van der Waals surface area contributed by atoms with Gasteiger partial charge in [-0.2, -0.15) is 0 Å². The van der Waals surface area contributed by atoms with E-state index in [0.717, 1.165) is 29.4 Å². The quantitative estimate of drug-likeness (QED) is 0.860. The normalized spacial score (nSPS) is 17.6. The maximum atomic E-state index is 4.53. The van der Waals surface area contributed by atoms with Gasteiger partial charge in [0, 0.05) is 18.8 Å². The zero-order valence-corrected chi connectivity index (χ0v) is 15.6. The molecule has 1 aromatic carbocycles. The minimum atomic E-state index is 0.824. The summed E-state index contributed by atoms with van der Waals surface area (Å²) in [5.41, 5.74) is 2.56. The first-order valence-electron chi connectivity index (χ1n) is 8.85. The fraction of sp³-hybridized carbons (Fsp3) is 0.273. The highest BCUT2D eigenvalue weighted by Gasteiger charge is 2.07. The third-order valence-corrected chi connectivity index (χ3v) is 3.83. The van der Waals surface area contributed by atoms with Crippen molar-refractivity contribution in [3.05, 3.63) is 76.6 Å². The molecule has 1 aromatic heterocycles. The van der Waals surface area contributed by atoms with E-state index in [-0.39, 0.29) is 0 Å². The molecule has 0 unspecified atom stereocenters. The number of aromatic nitrogens is 2. The SMILES string of the molecule is CC.Cc1cccc(CN(C)c2ncnc3\c2=C/C\C=C/C=C\C=3)c1. The molecule has 2 aromatic rings. The van der Waals surface area contributed by atoms with Crippen LogP contribution in [0.3, 0.4) is 0 Å². The molecular weight excluding hydrogens is 306 g/mol. The van der Waals surface area contributed by atoms with E-state index in [9.17, 15) is 0 Å². The summed E-state index contributed by atoms with van der Waals surface area (Å²) >= 11 is 0. The average Bonchev–Trinajstić information content (AvgIpc) is 2.75. The van der Waals surface area contributed by atoms with Gasteiger partial charge in [0.05, 0.1) is 5.35 Å². The Labute approximate surface area is 150 Å². The largest absolute Gasteiger partial charge is 0.355 e. The molecule has 0 amide bonds. The van der Waals surface area contributed by atoms with E-state index in [4.69, 9.17) is 0 Å². The van der Waals surface area contributed by atoms with Gasteiger partial charge in [-0.1, -0.05) is 74.1 Å². The Balaban J connectivity index is 0.00000109. The zero-order chi connectivity index (χ0) is 18.1. The fourth-order valence-electron chi connectivity index (χ4n) is 2.75. The summed E-state index contributed by atoms with van der Waals surface area (Å²) < 4.78 is 0. The van der Waals surface area contributed by atoms with E-state index in [1.54, 1.807) is 6.33 Å². The summed E-state index contributed by atoms with van der Waals surface area (Å²) in [6.07, 6.45) is 15.0. The molecular formula is C22H27N3. The smallest absolute Gasteiger partial charge is 0.139 e. The second-order valence-corrected chi connectivity index (χ2v) is 5.76. The van der Waals surface area contributed by atoms with Crippen molar-refractivity contribution >= 4 is 18.0 Å². The summed E-state index contributed by atoms with van der Waals surface area (Å²) in [7, 11) is 2.08. The molecule has 130 valence electrons. The molecule has 0 atom stereocenters. The molecule has 0 aliphatic heterocycles. The van der Waals surface area contributed by atoms with Crippen molar-refractivity contribution in [2.45, 2.75) is 33.7 Å². The van der Waals surface area contributed by atoms with Crippen LogP contribution in [0.25, 0.3) is 12.2 Å². The monoisotopic (exact) mass is 333 g/mol. The van der Waals surface area contributed by atoms with Gasteiger partial charge in [0.25, 0.3) is 0 Å². The van der Waals surface area contributed by atoms with Crippen LogP contribution in [0.2, 0.25) is 0 Å². The minimum Gasteiger partial charge on any atom is -0.355 e. The average molecular weight is 333 g/mol. The van der Waals surface area contributed by atoms with Gasteiger partial charge in [-0.15, -0.1) is 0 Å². The lowest BCUT2D eigenvalue weighted by Crippen LogP contribution is -2.35. The highest BCUT2D eigenvalue weighted by atomic mass is 15.2. The van der Waals surface area contributed by atoms with Crippen LogP contribution in [0.15, 0.2) is 54.9 Å². The number of allylic oxidation sites excluding steroid dienone is 4. The van der Waals surface area contributed by atoms with E-state index in [2.05, 4.69) is 71.3 Å². The molecule has 0 saturated carbocycles. The number of rotatable bonds is 3. The van der Waals surface area contributed by atoms with Gasteiger partial charge in [0.2, 0.25) is 0 Å². The number of benzene rings is 1. The van der Waals surface area contributed by atoms with Crippen LogP contribution in [0, 0.1) is 6.92 Å². The van der Waals surface area contributed by atoms with Crippen molar-refractivity contribution in [3.63, 3.8) is 0 Å². The lowest BCUT2D eigenvalue weighted by molar-refractivity contribution is 0.878. The zero-order valence-electron chi connectivity index (χ0n) is 15.6. The summed E-state index contributed by atoms with van der Waals surface area (Å²) in [5, 5.41) is 2.06. The number of nitrogens with zero attached hydrogens (tertiary/aromatic N) is 3. The van der Waals surface area contributed by atoms with Crippen LogP contribution >= 0.6 is 0 Å². The number of anilines is 1. The third kappa shape index (κ3) is 5.15. The third-order valence-electron chi connectivity index (χ3n) is 3.83. The molecule has 3 heteroatoms. The van der Waals surface area contributed by atoms with Crippen molar-refractivity contribution in [3.8, 4) is 0 Å². The second kappa shape index (κ2) is 9.58. The molecule has 0 N–H and O–H groups in total. The van der Waals surface area contributed by atoms with Crippen LogP contribution in [0.5, 0.6) is 0 Å². The summed E-state index contributed by atoms with van der Waals surface area (Å²) in [4.78, 5) is 11.1. The van der Waals surface area contributed by atoms with E-state index in [1.807, 2.05) is 32.1 Å². The van der Waals surface area contributed by atoms with Gasteiger partial charge < -0.3 is 4.90 Å². The lowest BCUT2D eigenvalue weighted by Gasteiger charge is -2.19. The Bertz CT molecular complexity index is 863. The van der Waals surface area contributed by atoms with Crippen LogP contribution in [0.4, 0.5) is 5.82 Å². The summed E-state index contributed by atoms with van der Waals surface area (Å²) in [6.45, 7) is 6.94. The first kappa shape index (κ1) is 18.7. The number of aryl methyl sites for hydroxylation is 1. The van der Waals surface area contributed by atoms with E-state index in [1.165, 1.54) is 11.1 Å². The maximum absolute atomic E-state index is 4.53. The maximum Gasteiger partial charge on any atom is 0.139 e. The van der Waals surface area contributed by atoms with Crippen molar-refractivity contribution in [2.75, 3.05) is 11.9 Å². The van der Waals surface area contributed by atoms with Crippen LogP contribution < -0.4 is 15.5 Å². The minimum absolute atomic E-state index is 0.824. The molecule has 0 radical (unpaired) electrons. The molecule has 1 aliphatic carbocycles. The van der Waals surface area contributed by atoms with Gasteiger partial charge in [-0.25, -0.2) is 9.97 Å². The molecule has 1 heterocycles. The number of hydrogen-bond acceptors (Lipinski definition) is 3. The van der Waals surface area contributed by atoms with E-state index < -0.39 is 0 Å². The van der Waals surface area contributed by atoms with Crippen molar-refractivity contribution in [2.24, 2.45) is 0 Å². The molecule has 0 fully saturated rings. The standard InChI is InChI=1S/C20H21N3.C2H6/c1-16-9-8-10-17(13-16)14-23(2)20-18-11-6-4-3-5-7-12-19(18)21-15-22-20;1-2/h3-5,7-13,15H,6,14H2,1-2H3;1-2H3/b4-3-,7-5-,18-11+,19-12-;. The van der Waals surface area contributed by atoms with Gasteiger partial charge in [0.1, 0.15) is 12.1 Å². The van der Waals surface area contributed by atoms with Crippen LogP contribution in [0.1, 0.15) is 31.4 Å². The van der Waals surface area contributed by atoms with Crippen LogP contribution in [-0.4, -0.2) is 17.0 Å². The lowest BCUT2D eigenvalue weighted by atomic mass is 10.1. The van der Waals surface area contributed by atoms with Crippen molar-refractivity contribution in [1.82, 2.24) is 9.97 Å². The highest BCUT2D eigenvalue weighted by molar-refractivity contribution is 5.49. The first-order chi connectivity index (χ1) is 12.2. The Morgan fingerprint density at radius 2 is 1.92 bits per heavy atom.